The number of benzene rings is 1. The lowest BCUT2D eigenvalue weighted by molar-refractivity contribution is -0.116. The molecule has 3 aromatic rings. The lowest BCUT2D eigenvalue weighted by Gasteiger charge is -2.30. The summed E-state index contributed by atoms with van der Waals surface area (Å²) >= 11 is 2.75. The number of sulfonamides is 1. The maximum atomic E-state index is 13.0. The van der Waals surface area contributed by atoms with Gasteiger partial charge in [-0.1, -0.05) is 11.8 Å². The van der Waals surface area contributed by atoms with Gasteiger partial charge >= 0.3 is 0 Å². The Morgan fingerprint density at radius 1 is 1.12 bits per heavy atom. The number of carbonyl (C=O) groups is 1. The molecule has 2 N–H and O–H groups in total. The number of thiophene rings is 1. The molecule has 0 unspecified atom stereocenters. The molecule has 168 valence electrons. The van der Waals surface area contributed by atoms with Crippen LogP contribution in [-0.4, -0.2) is 54.0 Å². The van der Waals surface area contributed by atoms with Crippen LogP contribution in [0.2, 0.25) is 0 Å². The fourth-order valence-corrected chi connectivity index (χ4v) is 7.32. The van der Waals surface area contributed by atoms with Crippen molar-refractivity contribution in [3.05, 3.63) is 35.2 Å². The van der Waals surface area contributed by atoms with E-state index in [-0.39, 0.29) is 11.7 Å². The maximum absolute atomic E-state index is 13.0. The summed E-state index contributed by atoms with van der Waals surface area (Å²) in [6.45, 7) is 1.76. The quantitative estimate of drug-likeness (QED) is 0.433. The summed E-state index contributed by atoms with van der Waals surface area (Å²) in [6, 6.07) is 7.02. The van der Waals surface area contributed by atoms with Crippen molar-refractivity contribution in [1.82, 2.24) is 14.3 Å². The number of carbonyl (C=O) groups excluding carboxylic acids is 1. The number of amides is 1. The van der Waals surface area contributed by atoms with E-state index in [4.69, 9.17) is 5.73 Å². The summed E-state index contributed by atoms with van der Waals surface area (Å²) < 4.78 is 27.4. The first kappa shape index (κ1) is 21.6. The number of anilines is 2. The van der Waals surface area contributed by atoms with Crippen LogP contribution in [0.1, 0.15) is 24.8 Å². The molecule has 0 bridgehead atoms. The van der Waals surface area contributed by atoms with E-state index < -0.39 is 10.0 Å². The molecule has 11 heteroatoms. The van der Waals surface area contributed by atoms with Crippen LogP contribution in [0.15, 0.2) is 39.7 Å². The standard InChI is InChI=1S/C21H23N5O3S3/c22-19-16-7-11-30-20(16)24-21(23-19)31-13-18(27)26-10-3-4-14-12-15(5-6-17(14)26)32(28,29)25-8-1-2-9-25/h5-7,11-12H,1-4,8-10,13H2,(H2,22,23,24). The van der Waals surface area contributed by atoms with Gasteiger partial charge in [0.25, 0.3) is 0 Å². The van der Waals surface area contributed by atoms with Crippen LogP contribution < -0.4 is 10.6 Å². The van der Waals surface area contributed by atoms with E-state index in [1.54, 1.807) is 27.4 Å². The van der Waals surface area contributed by atoms with Crippen LogP contribution in [0.3, 0.4) is 0 Å². The molecule has 0 saturated carbocycles. The molecule has 0 aliphatic carbocycles. The molecule has 8 nitrogen and oxygen atoms in total. The second kappa shape index (κ2) is 8.62. The van der Waals surface area contributed by atoms with Gasteiger partial charge in [0.15, 0.2) is 5.16 Å². The van der Waals surface area contributed by atoms with Gasteiger partial charge in [-0.2, -0.15) is 4.31 Å². The highest BCUT2D eigenvalue weighted by molar-refractivity contribution is 7.99. The van der Waals surface area contributed by atoms with Crippen molar-refractivity contribution in [2.75, 3.05) is 36.0 Å². The Bertz CT molecular complexity index is 1290. The predicted octanol–water partition coefficient (Wildman–Crippen LogP) is 3.13. The van der Waals surface area contributed by atoms with E-state index in [1.165, 1.54) is 23.1 Å². The number of hydrogen-bond acceptors (Lipinski definition) is 8. The molecule has 2 aliphatic heterocycles. The topological polar surface area (TPSA) is 109 Å². The first-order chi connectivity index (χ1) is 15.4. The van der Waals surface area contributed by atoms with E-state index in [9.17, 15) is 13.2 Å². The van der Waals surface area contributed by atoms with Crippen molar-refractivity contribution in [2.45, 2.75) is 35.7 Å². The van der Waals surface area contributed by atoms with Crippen molar-refractivity contribution >= 4 is 60.8 Å². The Labute approximate surface area is 194 Å². The number of hydrogen-bond donors (Lipinski definition) is 1. The van der Waals surface area contributed by atoms with E-state index in [2.05, 4.69) is 9.97 Å². The van der Waals surface area contributed by atoms with Crippen LogP contribution >= 0.6 is 23.1 Å². The second-order valence-electron chi connectivity index (χ2n) is 7.87. The van der Waals surface area contributed by atoms with Crippen molar-refractivity contribution < 1.29 is 13.2 Å². The molecule has 4 heterocycles. The zero-order chi connectivity index (χ0) is 22.3. The Morgan fingerprint density at radius 2 is 1.94 bits per heavy atom. The van der Waals surface area contributed by atoms with Gasteiger partial charge in [0.2, 0.25) is 15.9 Å². The summed E-state index contributed by atoms with van der Waals surface area (Å²) in [6.07, 6.45) is 3.35. The van der Waals surface area contributed by atoms with E-state index in [1.807, 2.05) is 11.4 Å². The normalized spacial score (nSPS) is 17.1. The molecule has 32 heavy (non-hydrogen) atoms. The number of nitrogen functional groups attached to an aromatic ring is 1. The summed E-state index contributed by atoms with van der Waals surface area (Å²) in [5.41, 5.74) is 7.69. The molecule has 1 fully saturated rings. The first-order valence-corrected chi connectivity index (χ1v) is 13.8. The fraction of sp³-hybridized carbons (Fsp3) is 0.381. The Hall–Kier alpha value is -2.21. The minimum Gasteiger partial charge on any atom is -0.383 e. The van der Waals surface area contributed by atoms with Gasteiger partial charge < -0.3 is 10.6 Å². The monoisotopic (exact) mass is 489 g/mol. The Balaban J connectivity index is 1.33. The van der Waals surface area contributed by atoms with Crippen molar-refractivity contribution in [2.24, 2.45) is 0 Å². The summed E-state index contributed by atoms with van der Waals surface area (Å²) in [5.74, 6) is 0.546. The van der Waals surface area contributed by atoms with E-state index >= 15 is 0 Å². The summed E-state index contributed by atoms with van der Waals surface area (Å²) in [5, 5.41) is 3.23. The largest absolute Gasteiger partial charge is 0.383 e. The Kier molecular flexibility index (Phi) is 5.82. The zero-order valence-electron chi connectivity index (χ0n) is 17.4. The number of thioether (sulfide) groups is 1. The fourth-order valence-electron chi connectivity index (χ4n) is 4.20. The molecule has 2 aromatic heterocycles. The number of nitrogens with zero attached hydrogens (tertiary/aromatic N) is 4. The van der Waals surface area contributed by atoms with Crippen molar-refractivity contribution in [1.29, 1.82) is 0 Å². The zero-order valence-corrected chi connectivity index (χ0v) is 19.8. The third-order valence-electron chi connectivity index (χ3n) is 5.83. The molecule has 0 radical (unpaired) electrons. The van der Waals surface area contributed by atoms with E-state index in [0.717, 1.165) is 47.2 Å². The van der Waals surface area contributed by atoms with Gasteiger partial charge in [0.1, 0.15) is 10.6 Å². The first-order valence-electron chi connectivity index (χ1n) is 10.5. The van der Waals surface area contributed by atoms with Gasteiger partial charge in [0, 0.05) is 25.3 Å². The number of aromatic nitrogens is 2. The number of nitrogens with two attached hydrogens (primary N) is 1. The lowest BCUT2D eigenvalue weighted by atomic mass is 10.0. The maximum Gasteiger partial charge on any atom is 0.243 e. The van der Waals surface area contributed by atoms with E-state index in [0.29, 0.717) is 35.5 Å². The predicted molar refractivity (Wildman–Crippen MR) is 128 cm³/mol. The molecule has 1 aromatic carbocycles. The molecule has 1 amide bonds. The van der Waals surface area contributed by atoms with Gasteiger partial charge in [0.05, 0.1) is 16.0 Å². The average Bonchev–Trinajstić information content (AvgIpc) is 3.49. The van der Waals surface area contributed by atoms with Gasteiger partial charge in [-0.3, -0.25) is 4.79 Å². The molecular formula is C21H23N5O3S3. The van der Waals surface area contributed by atoms with Crippen LogP contribution in [-0.2, 0) is 21.2 Å². The average molecular weight is 490 g/mol. The highest BCUT2D eigenvalue weighted by Gasteiger charge is 2.29. The van der Waals surface area contributed by atoms with Gasteiger partial charge in [-0.25, -0.2) is 18.4 Å². The number of rotatable bonds is 5. The van der Waals surface area contributed by atoms with Crippen molar-refractivity contribution in [3.63, 3.8) is 0 Å². The lowest BCUT2D eigenvalue weighted by Crippen LogP contribution is -2.37. The molecule has 0 atom stereocenters. The molecule has 0 spiro atoms. The van der Waals surface area contributed by atoms with Crippen LogP contribution in [0.5, 0.6) is 0 Å². The molecule has 2 aliphatic rings. The molecule has 5 rings (SSSR count). The van der Waals surface area contributed by atoms with Crippen LogP contribution in [0, 0.1) is 0 Å². The van der Waals surface area contributed by atoms with Gasteiger partial charge in [-0.15, -0.1) is 11.3 Å². The number of aryl methyl sites for hydroxylation is 1. The van der Waals surface area contributed by atoms with Crippen molar-refractivity contribution in [3.8, 4) is 0 Å². The molecule has 1 saturated heterocycles. The summed E-state index contributed by atoms with van der Waals surface area (Å²) in [4.78, 5) is 24.7. The van der Waals surface area contributed by atoms with Crippen LogP contribution in [0.25, 0.3) is 10.2 Å². The summed E-state index contributed by atoms with van der Waals surface area (Å²) in [7, 11) is -3.48. The van der Waals surface area contributed by atoms with Crippen LogP contribution in [0.4, 0.5) is 11.5 Å². The minimum absolute atomic E-state index is 0.0560. The smallest absolute Gasteiger partial charge is 0.243 e. The second-order valence-corrected chi connectivity index (χ2v) is 11.6. The SMILES string of the molecule is Nc1nc(SCC(=O)N2CCCc3cc(S(=O)(=O)N4CCCC4)ccc32)nc2sccc12. The highest BCUT2D eigenvalue weighted by Crippen LogP contribution is 2.32. The molecular weight excluding hydrogens is 466 g/mol. The minimum atomic E-state index is -3.48. The number of fused-ring (bicyclic) bond motifs is 2. The third-order valence-corrected chi connectivity index (χ3v) is 9.37. The third kappa shape index (κ3) is 3.98. The van der Waals surface area contributed by atoms with Gasteiger partial charge in [-0.05, 0) is 60.9 Å². The highest BCUT2D eigenvalue weighted by atomic mass is 32.2. The Morgan fingerprint density at radius 3 is 2.75 bits per heavy atom.